The third-order valence-corrected chi connectivity index (χ3v) is 5.90. The number of alkyl halides is 3. The van der Waals surface area contributed by atoms with Gasteiger partial charge < -0.3 is 0 Å². The van der Waals surface area contributed by atoms with Crippen LogP contribution in [0, 0.1) is 12.8 Å². The monoisotopic (exact) mass is 482 g/mol. The van der Waals surface area contributed by atoms with Gasteiger partial charge in [0.15, 0.2) is 11.6 Å². The maximum absolute atomic E-state index is 13.5. The molecule has 1 fully saturated rings. The van der Waals surface area contributed by atoms with E-state index in [1.54, 1.807) is 37.3 Å². The number of nitrogens with zero attached hydrogens (tertiary/aromatic N) is 4. The minimum absolute atomic E-state index is 0.00398. The van der Waals surface area contributed by atoms with Crippen LogP contribution in [-0.2, 0) is 15.8 Å². The Hall–Kier alpha value is -3.95. The first-order chi connectivity index (χ1) is 16.5. The molecule has 7 nitrogen and oxygen atoms in total. The standard InChI is InChI=1S/C25H21F3N4O3/c1-13(2)15-5-7-16(8-6-15)22(33)20-21(17-9-10-18(29-12-17)25(26,27)28)32(24(35)23(20)34)19-11-4-14(3)30-31-19/h4-13,20-21H,1-3H3/t20?,21-/m0/s1. The Labute approximate surface area is 199 Å². The largest absolute Gasteiger partial charge is 0.433 e. The fourth-order valence-corrected chi connectivity index (χ4v) is 4.00. The third-order valence-electron chi connectivity index (χ3n) is 5.90. The Morgan fingerprint density at radius 3 is 2.17 bits per heavy atom. The van der Waals surface area contributed by atoms with E-state index in [9.17, 15) is 27.6 Å². The lowest BCUT2D eigenvalue weighted by molar-refractivity contribution is -0.141. The number of carbonyl (C=O) groups is 3. The van der Waals surface area contributed by atoms with Crippen LogP contribution in [0.15, 0.2) is 54.7 Å². The quantitative estimate of drug-likeness (QED) is 0.303. The van der Waals surface area contributed by atoms with E-state index in [4.69, 9.17) is 0 Å². The van der Waals surface area contributed by atoms with Gasteiger partial charge in [-0.25, -0.2) is 0 Å². The molecular weight excluding hydrogens is 461 g/mol. The highest BCUT2D eigenvalue weighted by Gasteiger charge is 2.53. The molecule has 3 aromatic rings. The van der Waals surface area contributed by atoms with Gasteiger partial charge in [-0.2, -0.15) is 18.3 Å². The van der Waals surface area contributed by atoms with E-state index in [-0.39, 0.29) is 22.9 Å². The normalized spacial score (nSPS) is 18.4. The highest BCUT2D eigenvalue weighted by Crippen LogP contribution is 2.41. The molecule has 0 aliphatic carbocycles. The van der Waals surface area contributed by atoms with E-state index < -0.39 is 41.3 Å². The van der Waals surface area contributed by atoms with Gasteiger partial charge in [0.05, 0.1) is 11.7 Å². The number of Topliss-reactive ketones (excluding diaryl/α,β-unsaturated/α-hetero) is 2. The van der Waals surface area contributed by atoms with E-state index in [1.165, 1.54) is 6.07 Å². The highest BCUT2D eigenvalue weighted by molar-refractivity contribution is 6.48. The fraction of sp³-hybridized carbons (Fsp3) is 0.280. The summed E-state index contributed by atoms with van der Waals surface area (Å²) in [5, 5.41) is 7.87. The molecule has 180 valence electrons. The summed E-state index contributed by atoms with van der Waals surface area (Å²) in [6, 6.07) is 10.3. The van der Waals surface area contributed by atoms with Gasteiger partial charge in [-0.05, 0) is 42.2 Å². The van der Waals surface area contributed by atoms with Gasteiger partial charge in [0.2, 0.25) is 5.78 Å². The summed E-state index contributed by atoms with van der Waals surface area (Å²) < 4.78 is 39.2. The minimum atomic E-state index is -4.67. The molecule has 35 heavy (non-hydrogen) atoms. The maximum Gasteiger partial charge on any atom is 0.433 e. The number of ketones is 2. The Bertz CT molecular complexity index is 1270. The van der Waals surface area contributed by atoms with Gasteiger partial charge in [-0.15, -0.1) is 5.10 Å². The van der Waals surface area contributed by atoms with Crippen molar-refractivity contribution in [3.8, 4) is 0 Å². The van der Waals surface area contributed by atoms with Crippen molar-refractivity contribution in [1.29, 1.82) is 0 Å². The molecule has 1 saturated heterocycles. The molecule has 1 aromatic carbocycles. The van der Waals surface area contributed by atoms with Crippen molar-refractivity contribution in [2.45, 2.75) is 38.9 Å². The Balaban J connectivity index is 1.81. The average Bonchev–Trinajstić information content (AvgIpc) is 3.09. The molecule has 1 amide bonds. The number of carbonyl (C=O) groups excluding carboxylic acids is 3. The van der Waals surface area contributed by atoms with Crippen LogP contribution in [-0.4, -0.2) is 32.7 Å². The van der Waals surface area contributed by atoms with Crippen LogP contribution in [0.5, 0.6) is 0 Å². The molecule has 1 unspecified atom stereocenters. The lowest BCUT2D eigenvalue weighted by Gasteiger charge is -2.26. The predicted molar refractivity (Wildman–Crippen MR) is 120 cm³/mol. The average molecular weight is 482 g/mol. The van der Waals surface area contributed by atoms with Crippen molar-refractivity contribution in [3.63, 3.8) is 0 Å². The predicted octanol–water partition coefficient (Wildman–Crippen LogP) is 4.48. The molecule has 1 aliphatic rings. The van der Waals surface area contributed by atoms with Gasteiger partial charge in [-0.1, -0.05) is 44.2 Å². The third kappa shape index (κ3) is 4.55. The summed E-state index contributed by atoms with van der Waals surface area (Å²) in [6.07, 6.45) is -3.74. The van der Waals surface area contributed by atoms with Crippen molar-refractivity contribution in [2.75, 3.05) is 4.90 Å². The van der Waals surface area contributed by atoms with Crippen molar-refractivity contribution >= 4 is 23.3 Å². The number of aryl methyl sites for hydroxylation is 1. The number of anilines is 1. The number of hydrogen-bond donors (Lipinski definition) is 0. The summed E-state index contributed by atoms with van der Waals surface area (Å²) >= 11 is 0. The van der Waals surface area contributed by atoms with Crippen molar-refractivity contribution in [3.05, 3.63) is 82.8 Å². The van der Waals surface area contributed by atoms with Crippen LogP contribution in [0.2, 0.25) is 0 Å². The molecule has 10 heteroatoms. The van der Waals surface area contributed by atoms with Crippen LogP contribution in [0.25, 0.3) is 0 Å². The Morgan fingerprint density at radius 1 is 0.971 bits per heavy atom. The minimum Gasteiger partial charge on any atom is -0.293 e. The van der Waals surface area contributed by atoms with Gasteiger partial charge in [0.1, 0.15) is 11.6 Å². The van der Waals surface area contributed by atoms with E-state index in [0.717, 1.165) is 28.8 Å². The van der Waals surface area contributed by atoms with E-state index in [0.29, 0.717) is 5.69 Å². The number of hydrogen-bond acceptors (Lipinski definition) is 6. The zero-order valence-electron chi connectivity index (χ0n) is 19.1. The summed E-state index contributed by atoms with van der Waals surface area (Å²) in [4.78, 5) is 44.1. The van der Waals surface area contributed by atoms with Crippen molar-refractivity contribution < 1.29 is 27.6 Å². The van der Waals surface area contributed by atoms with Crippen LogP contribution < -0.4 is 4.90 Å². The first kappa shape index (κ1) is 24.2. The molecule has 2 atom stereocenters. The fourth-order valence-electron chi connectivity index (χ4n) is 4.00. The number of amides is 1. The SMILES string of the molecule is Cc1ccc(N2C(=O)C(=O)C(C(=O)c3ccc(C(C)C)cc3)[C@@H]2c2ccc(C(F)(F)F)nc2)nn1. The molecule has 3 heterocycles. The van der Waals surface area contributed by atoms with E-state index in [1.807, 2.05) is 13.8 Å². The van der Waals surface area contributed by atoms with Crippen LogP contribution in [0.4, 0.5) is 19.0 Å². The van der Waals surface area contributed by atoms with Crippen molar-refractivity contribution in [1.82, 2.24) is 15.2 Å². The van der Waals surface area contributed by atoms with Gasteiger partial charge in [-0.3, -0.25) is 24.3 Å². The number of aromatic nitrogens is 3. The summed E-state index contributed by atoms with van der Waals surface area (Å²) in [7, 11) is 0. The number of pyridine rings is 1. The molecule has 0 N–H and O–H groups in total. The molecular formula is C25H21F3N4O3. The molecule has 0 spiro atoms. The van der Waals surface area contributed by atoms with Crippen molar-refractivity contribution in [2.24, 2.45) is 5.92 Å². The summed E-state index contributed by atoms with van der Waals surface area (Å²) in [6.45, 7) is 5.66. The van der Waals surface area contributed by atoms with E-state index >= 15 is 0 Å². The summed E-state index contributed by atoms with van der Waals surface area (Å²) in [5.41, 5.74) is 0.706. The molecule has 4 rings (SSSR count). The number of rotatable bonds is 5. The molecule has 0 radical (unpaired) electrons. The first-order valence-electron chi connectivity index (χ1n) is 10.8. The number of halogens is 3. The lowest BCUT2D eigenvalue weighted by Crippen LogP contribution is -2.31. The second kappa shape index (κ2) is 9.01. The molecule has 2 aromatic heterocycles. The van der Waals surface area contributed by atoms with Crippen LogP contribution >= 0.6 is 0 Å². The molecule has 0 bridgehead atoms. The zero-order valence-corrected chi connectivity index (χ0v) is 19.1. The second-order valence-corrected chi connectivity index (χ2v) is 8.61. The number of benzene rings is 1. The van der Waals surface area contributed by atoms with Crippen LogP contribution in [0.3, 0.4) is 0 Å². The molecule has 0 saturated carbocycles. The van der Waals surface area contributed by atoms with E-state index in [2.05, 4.69) is 15.2 Å². The molecule has 1 aliphatic heterocycles. The first-order valence-corrected chi connectivity index (χ1v) is 10.8. The Kier molecular flexibility index (Phi) is 6.23. The Morgan fingerprint density at radius 2 is 1.66 bits per heavy atom. The zero-order chi connectivity index (χ0) is 25.5. The summed E-state index contributed by atoms with van der Waals surface area (Å²) in [5.74, 6) is -3.86. The van der Waals surface area contributed by atoms with Crippen LogP contribution in [0.1, 0.15) is 58.7 Å². The smallest absolute Gasteiger partial charge is 0.293 e. The highest BCUT2D eigenvalue weighted by atomic mass is 19.4. The topological polar surface area (TPSA) is 93.1 Å². The van der Waals surface area contributed by atoms with Gasteiger partial charge in [0, 0.05) is 11.8 Å². The van der Waals surface area contributed by atoms with Gasteiger partial charge >= 0.3 is 6.18 Å². The maximum atomic E-state index is 13.5. The second-order valence-electron chi connectivity index (χ2n) is 8.61. The lowest BCUT2D eigenvalue weighted by atomic mass is 9.86. The van der Waals surface area contributed by atoms with Gasteiger partial charge in [0.25, 0.3) is 5.91 Å².